The lowest BCUT2D eigenvalue weighted by molar-refractivity contribution is 0.0600. The van der Waals surface area contributed by atoms with Gasteiger partial charge >= 0.3 is 5.97 Å². The highest BCUT2D eigenvalue weighted by Gasteiger charge is 2.28. The minimum absolute atomic E-state index is 0.159. The molecule has 7 nitrogen and oxygen atoms in total. The normalized spacial score (nSPS) is 16.4. The van der Waals surface area contributed by atoms with Crippen molar-refractivity contribution >= 4 is 22.6 Å². The molecule has 4 rings (SSSR count). The minimum Gasteiger partial charge on any atom is -0.496 e. The van der Waals surface area contributed by atoms with Gasteiger partial charge < -0.3 is 19.8 Å². The Bertz CT molecular complexity index is 1190. The lowest BCUT2D eigenvalue weighted by atomic mass is 9.92. The molecule has 0 spiro atoms. The molecule has 1 aliphatic heterocycles. The summed E-state index contributed by atoms with van der Waals surface area (Å²) >= 11 is 0. The molecule has 0 amide bonds. The number of aromatic amines is 1. The summed E-state index contributed by atoms with van der Waals surface area (Å²) < 4.78 is 10.7. The van der Waals surface area contributed by atoms with Gasteiger partial charge in [0.2, 0.25) is 0 Å². The van der Waals surface area contributed by atoms with Crippen LogP contribution >= 0.6 is 0 Å². The lowest BCUT2D eigenvalue weighted by Crippen LogP contribution is -2.33. The van der Waals surface area contributed by atoms with E-state index in [1.165, 1.54) is 18.1 Å². The van der Waals surface area contributed by atoms with Crippen LogP contribution in [0.1, 0.15) is 52.4 Å². The molecule has 0 radical (unpaired) electrons. The van der Waals surface area contributed by atoms with Gasteiger partial charge in [-0.3, -0.25) is 4.90 Å². The topological polar surface area (TPSA) is 90.4 Å². The maximum atomic E-state index is 12.1. The summed E-state index contributed by atoms with van der Waals surface area (Å²) in [6, 6.07) is 12.1. The van der Waals surface area contributed by atoms with Gasteiger partial charge in [-0.1, -0.05) is 12.5 Å². The second-order valence-corrected chi connectivity index (χ2v) is 8.43. The Morgan fingerprint density at radius 1 is 1.27 bits per heavy atom. The largest absolute Gasteiger partial charge is 0.496 e. The van der Waals surface area contributed by atoms with Crippen molar-refractivity contribution in [2.45, 2.75) is 38.8 Å². The summed E-state index contributed by atoms with van der Waals surface area (Å²) in [5.74, 6) is 0.508. The van der Waals surface area contributed by atoms with E-state index in [0.29, 0.717) is 5.56 Å². The molecule has 0 saturated carbocycles. The zero-order valence-electron chi connectivity index (χ0n) is 19.4. The van der Waals surface area contributed by atoms with Crippen LogP contribution in [-0.4, -0.2) is 43.2 Å². The Morgan fingerprint density at radius 3 is 2.88 bits per heavy atom. The van der Waals surface area contributed by atoms with Gasteiger partial charge in [-0.2, -0.15) is 5.26 Å². The highest BCUT2D eigenvalue weighted by atomic mass is 16.5. The molecule has 2 N–H and O–H groups in total. The van der Waals surface area contributed by atoms with E-state index in [2.05, 4.69) is 40.3 Å². The van der Waals surface area contributed by atoms with Crippen LogP contribution in [0.3, 0.4) is 0 Å². The van der Waals surface area contributed by atoms with Crippen LogP contribution in [0.2, 0.25) is 0 Å². The number of nitrogens with one attached hydrogen (secondary N) is 2. The average Bonchev–Trinajstić information content (AvgIpc) is 3.35. The Kier molecular flexibility index (Phi) is 6.85. The number of fused-ring (bicyclic) bond motifs is 1. The van der Waals surface area contributed by atoms with Gasteiger partial charge in [0, 0.05) is 40.9 Å². The van der Waals surface area contributed by atoms with Crippen molar-refractivity contribution in [3.63, 3.8) is 0 Å². The van der Waals surface area contributed by atoms with E-state index in [9.17, 15) is 4.79 Å². The fourth-order valence-electron chi connectivity index (χ4n) is 4.90. The van der Waals surface area contributed by atoms with Crippen LogP contribution in [-0.2, 0) is 11.3 Å². The molecule has 3 aromatic rings. The Balaban J connectivity index is 1.72. The number of carbonyl (C=O) groups excluding carboxylic acids is 1. The number of likely N-dealkylation sites (tertiary alicyclic amines) is 1. The molecule has 33 heavy (non-hydrogen) atoms. The highest BCUT2D eigenvalue weighted by Crippen LogP contribution is 2.39. The second-order valence-electron chi connectivity index (χ2n) is 8.43. The van der Waals surface area contributed by atoms with Crippen molar-refractivity contribution in [1.29, 1.82) is 5.26 Å². The van der Waals surface area contributed by atoms with Gasteiger partial charge in [0.05, 0.1) is 25.9 Å². The summed E-state index contributed by atoms with van der Waals surface area (Å²) in [6.07, 6.45) is 5.23. The van der Waals surface area contributed by atoms with Crippen molar-refractivity contribution in [3.8, 4) is 11.8 Å². The number of hydrogen-bond acceptors (Lipinski definition) is 6. The number of carbonyl (C=O) groups is 1. The zero-order valence-corrected chi connectivity index (χ0v) is 19.4. The predicted molar refractivity (Wildman–Crippen MR) is 128 cm³/mol. The summed E-state index contributed by atoms with van der Waals surface area (Å²) in [5.41, 5.74) is 5.83. The van der Waals surface area contributed by atoms with Gasteiger partial charge in [-0.25, -0.2) is 4.79 Å². The molecule has 0 bridgehead atoms. The van der Waals surface area contributed by atoms with Crippen LogP contribution in [0.25, 0.3) is 10.9 Å². The smallest absolute Gasteiger partial charge is 0.337 e. The van der Waals surface area contributed by atoms with Crippen LogP contribution in [0.15, 0.2) is 36.5 Å². The first-order valence-electron chi connectivity index (χ1n) is 11.3. The third kappa shape index (κ3) is 4.53. The summed E-state index contributed by atoms with van der Waals surface area (Å²) in [7, 11) is 3.10. The first-order valence-corrected chi connectivity index (χ1v) is 11.3. The van der Waals surface area contributed by atoms with E-state index >= 15 is 0 Å². The number of piperidine rings is 1. The fourth-order valence-corrected chi connectivity index (χ4v) is 4.90. The number of benzene rings is 2. The van der Waals surface area contributed by atoms with Gasteiger partial charge in [-0.05, 0) is 61.7 Å². The first-order chi connectivity index (χ1) is 16.1. The molecule has 1 aliphatic rings. The van der Waals surface area contributed by atoms with Gasteiger partial charge in [-0.15, -0.1) is 0 Å². The van der Waals surface area contributed by atoms with Crippen LogP contribution in [0.4, 0.5) is 5.69 Å². The van der Waals surface area contributed by atoms with Crippen molar-refractivity contribution in [2.75, 3.05) is 32.6 Å². The number of methoxy groups -OCH3 is 2. The van der Waals surface area contributed by atoms with Crippen LogP contribution in [0.5, 0.6) is 5.75 Å². The number of H-pyrrole nitrogens is 1. The lowest BCUT2D eigenvalue weighted by Gasteiger charge is -2.37. The third-order valence-corrected chi connectivity index (χ3v) is 6.50. The van der Waals surface area contributed by atoms with Gasteiger partial charge in [0.15, 0.2) is 0 Å². The van der Waals surface area contributed by atoms with Gasteiger partial charge in [0.1, 0.15) is 12.3 Å². The molecule has 1 unspecified atom stereocenters. The molecule has 1 saturated heterocycles. The number of nitrogens with zero attached hydrogens (tertiary/aromatic N) is 2. The quantitative estimate of drug-likeness (QED) is 0.395. The predicted octanol–water partition coefficient (Wildman–Crippen LogP) is 4.93. The average molecular weight is 447 g/mol. The highest BCUT2D eigenvalue weighted by molar-refractivity contribution is 5.91. The Labute approximate surface area is 194 Å². The number of aromatic nitrogens is 1. The van der Waals surface area contributed by atoms with E-state index in [0.717, 1.165) is 60.4 Å². The molecule has 172 valence electrons. The molecule has 1 atom stereocenters. The number of esters is 1. The number of anilines is 1. The summed E-state index contributed by atoms with van der Waals surface area (Å²) in [6.45, 7) is 3.97. The molecular weight excluding hydrogens is 416 g/mol. The van der Waals surface area contributed by atoms with Gasteiger partial charge in [0.25, 0.3) is 0 Å². The SMILES string of the molecule is COC(=O)c1ccc(C2CCCCN2Cc2c(OC)cc(C)c3[nH]ccc23)c(NCC#N)c1. The number of ether oxygens (including phenoxy) is 2. The van der Waals surface area contributed by atoms with E-state index < -0.39 is 0 Å². The van der Waals surface area contributed by atoms with E-state index in [1.54, 1.807) is 13.2 Å². The molecule has 2 heterocycles. The maximum Gasteiger partial charge on any atom is 0.337 e. The minimum atomic E-state index is -0.388. The van der Waals surface area contributed by atoms with E-state index in [1.807, 2.05) is 18.3 Å². The van der Waals surface area contributed by atoms with Crippen molar-refractivity contribution in [1.82, 2.24) is 9.88 Å². The molecule has 7 heteroatoms. The van der Waals surface area contributed by atoms with Crippen molar-refractivity contribution < 1.29 is 14.3 Å². The third-order valence-electron chi connectivity index (χ3n) is 6.50. The molecule has 1 aromatic heterocycles. The molecule has 0 aliphatic carbocycles. The van der Waals surface area contributed by atoms with E-state index in [4.69, 9.17) is 14.7 Å². The van der Waals surface area contributed by atoms with E-state index in [-0.39, 0.29) is 18.6 Å². The molecule has 2 aromatic carbocycles. The summed E-state index contributed by atoms with van der Waals surface area (Å²) in [4.78, 5) is 17.9. The van der Waals surface area contributed by atoms with Crippen LogP contribution < -0.4 is 10.1 Å². The Hall–Kier alpha value is -3.50. The summed E-state index contributed by atoms with van der Waals surface area (Å²) in [5, 5.41) is 13.5. The van der Waals surface area contributed by atoms with Crippen LogP contribution in [0, 0.1) is 18.3 Å². The second kappa shape index (κ2) is 9.97. The maximum absolute atomic E-state index is 12.1. The Morgan fingerprint density at radius 2 is 2.12 bits per heavy atom. The zero-order chi connectivity index (χ0) is 23.4. The van der Waals surface area contributed by atoms with Crippen molar-refractivity contribution in [2.24, 2.45) is 0 Å². The first kappa shape index (κ1) is 22.7. The molecular formula is C26H30N4O3. The number of aryl methyl sites for hydroxylation is 1. The number of rotatable bonds is 7. The number of nitriles is 1. The molecule has 1 fully saturated rings. The monoisotopic (exact) mass is 446 g/mol. The number of hydrogen-bond donors (Lipinski definition) is 2. The van der Waals surface area contributed by atoms with Crippen molar-refractivity contribution in [3.05, 3.63) is 58.8 Å². The standard InChI is InChI=1S/C26H30N4O3/c1-17-14-24(32-2)21(19-9-11-29-25(17)19)16-30-13-5-4-6-23(30)20-8-7-18(26(31)33-3)15-22(20)28-12-10-27/h7-9,11,14-15,23,28-29H,4-6,12-13,16H2,1-3H3. The fraction of sp³-hybridized carbons (Fsp3) is 0.385.